The first kappa shape index (κ1) is 18.7. The number of anilines is 2. The van der Waals surface area contributed by atoms with Crippen LogP contribution in [0, 0.1) is 5.92 Å². The Kier molecular flexibility index (Phi) is 4.71. The fourth-order valence-electron chi connectivity index (χ4n) is 3.92. The van der Waals surface area contributed by atoms with Gasteiger partial charge in [0.15, 0.2) is 5.82 Å². The maximum absolute atomic E-state index is 13.5. The van der Waals surface area contributed by atoms with Crippen LogP contribution >= 0.6 is 11.9 Å². The number of carbonyl (C=O) groups excluding carboxylic acids is 1. The summed E-state index contributed by atoms with van der Waals surface area (Å²) in [5, 5.41) is 3.45. The highest BCUT2D eigenvalue weighted by Crippen LogP contribution is 2.40. The zero-order valence-electron chi connectivity index (χ0n) is 16.6. The van der Waals surface area contributed by atoms with Gasteiger partial charge in [0.25, 0.3) is 0 Å². The van der Waals surface area contributed by atoms with Crippen molar-refractivity contribution in [2.75, 3.05) is 10.2 Å². The van der Waals surface area contributed by atoms with Gasteiger partial charge in [-0.25, -0.2) is 14.4 Å². The molecule has 7 nitrogen and oxygen atoms in total. The molecule has 4 heterocycles. The van der Waals surface area contributed by atoms with Gasteiger partial charge in [-0.3, -0.25) is 14.7 Å². The monoisotopic (exact) mass is 416 g/mol. The van der Waals surface area contributed by atoms with Gasteiger partial charge >= 0.3 is 0 Å². The van der Waals surface area contributed by atoms with E-state index in [4.69, 9.17) is 0 Å². The fraction of sp³-hybridized carbons (Fsp3) is 0.227. The summed E-state index contributed by atoms with van der Waals surface area (Å²) >= 11 is 1.46. The van der Waals surface area contributed by atoms with Crippen molar-refractivity contribution in [1.82, 2.24) is 15.0 Å². The van der Waals surface area contributed by atoms with E-state index in [0.29, 0.717) is 11.3 Å². The summed E-state index contributed by atoms with van der Waals surface area (Å²) in [4.78, 5) is 28.4. The number of rotatable bonds is 4. The van der Waals surface area contributed by atoms with Crippen LogP contribution in [0.1, 0.15) is 13.8 Å². The van der Waals surface area contributed by atoms with E-state index in [9.17, 15) is 4.79 Å². The number of para-hydroxylation sites is 1. The number of carbonyl (C=O) groups is 1. The number of hydrogen-bond acceptors (Lipinski definition) is 7. The van der Waals surface area contributed by atoms with Crippen LogP contribution in [0.3, 0.4) is 0 Å². The molecule has 3 unspecified atom stereocenters. The van der Waals surface area contributed by atoms with Gasteiger partial charge in [0.05, 0.1) is 22.7 Å². The largest absolute Gasteiger partial charge is 0.360 e. The predicted octanol–water partition coefficient (Wildman–Crippen LogP) is 3.86. The summed E-state index contributed by atoms with van der Waals surface area (Å²) in [5.41, 5.74) is 4.07. The molecule has 2 aliphatic heterocycles. The van der Waals surface area contributed by atoms with E-state index in [1.54, 1.807) is 11.1 Å². The summed E-state index contributed by atoms with van der Waals surface area (Å²) in [6.07, 6.45) is 5.40. The molecule has 0 saturated heterocycles. The Labute approximate surface area is 178 Å². The van der Waals surface area contributed by atoms with E-state index in [2.05, 4.69) is 30.7 Å². The molecular weight excluding hydrogens is 396 g/mol. The van der Waals surface area contributed by atoms with E-state index in [1.807, 2.05) is 56.3 Å². The van der Waals surface area contributed by atoms with Gasteiger partial charge < -0.3 is 5.32 Å². The number of fused-ring (bicyclic) bond motifs is 2. The highest BCUT2D eigenvalue weighted by atomic mass is 32.2. The molecule has 2 aliphatic rings. The molecule has 0 radical (unpaired) electrons. The van der Waals surface area contributed by atoms with Gasteiger partial charge in [0.1, 0.15) is 11.8 Å². The average Bonchev–Trinajstić information content (AvgIpc) is 3.15. The smallest absolute Gasteiger partial charge is 0.241 e. The average molecular weight is 417 g/mol. The minimum absolute atomic E-state index is 0.0111. The number of nitrogens with one attached hydrogen (secondary N) is 1. The van der Waals surface area contributed by atoms with Crippen LogP contribution in [0.15, 0.2) is 71.2 Å². The lowest BCUT2D eigenvalue weighted by Gasteiger charge is -2.37. The first-order valence-electron chi connectivity index (χ1n) is 9.77. The molecule has 0 saturated carbocycles. The third-order valence-corrected chi connectivity index (χ3v) is 6.43. The topological polar surface area (TPSA) is 83.4 Å². The van der Waals surface area contributed by atoms with Crippen LogP contribution in [-0.2, 0) is 4.79 Å². The molecule has 1 aromatic carbocycles. The lowest BCUT2D eigenvalue weighted by Crippen LogP contribution is -2.48. The van der Waals surface area contributed by atoms with Crippen LogP contribution in [0.4, 0.5) is 11.5 Å². The SMILES string of the molecule is CC1=NSC2C=C(C(C)Nc3ncnc4cccnc34)N(c3ccccc3)C(=O)C12. The zero-order chi connectivity index (χ0) is 20.7. The highest BCUT2D eigenvalue weighted by Gasteiger charge is 2.44. The lowest BCUT2D eigenvalue weighted by molar-refractivity contribution is -0.120. The van der Waals surface area contributed by atoms with Crippen LogP contribution in [-0.4, -0.2) is 37.9 Å². The molecule has 3 atom stereocenters. The van der Waals surface area contributed by atoms with Crippen LogP contribution < -0.4 is 10.2 Å². The molecule has 1 amide bonds. The molecule has 0 fully saturated rings. The molecule has 5 rings (SSSR count). The second kappa shape index (κ2) is 7.53. The normalized spacial score (nSPS) is 21.8. The van der Waals surface area contributed by atoms with E-state index >= 15 is 0 Å². The van der Waals surface area contributed by atoms with Gasteiger partial charge in [-0.2, -0.15) is 0 Å². The number of benzene rings is 1. The Morgan fingerprint density at radius 3 is 2.77 bits per heavy atom. The lowest BCUT2D eigenvalue weighted by atomic mass is 9.91. The molecule has 30 heavy (non-hydrogen) atoms. The first-order valence-corrected chi connectivity index (χ1v) is 10.6. The minimum atomic E-state index is -0.229. The molecule has 0 spiro atoms. The van der Waals surface area contributed by atoms with Crippen molar-refractivity contribution in [2.24, 2.45) is 10.3 Å². The summed E-state index contributed by atoms with van der Waals surface area (Å²) in [6, 6.07) is 13.3. The number of nitrogens with zero attached hydrogens (tertiary/aromatic N) is 5. The molecule has 1 N–H and O–H groups in total. The zero-order valence-corrected chi connectivity index (χ0v) is 17.4. The van der Waals surface area contributed by atoms with Crippen molar-refractivity contribution < 1.29 is 4.79 Å². The van der Waals surface area contributed by atoms with Crippen molar-refractivity contribution in [3.8, 4) is 0 Å². The van der Waals surface area contributed by atoms with Crippen LogP contribution in [0.25, 0.3) is 11.0 Å². The summed E-state index contributed by atoms with van der Waals surface area (Å²) in [5.74, 6) is 0.463. The van der Waals surface area contributed by atoms with Gasteiger partial charge in [-0.05, 0) is 56.1 Å². The van der Waals surface area contributed by atoms with Crippen molar-refractivity contribution in [3.05, 3.63) is 66.8 Å². The number of hydrogen-bond donors (Lipinski definition) is 1. The maximum Gasteiger partial charge on any atom is 0.241 e. The Balaban J connectivity index is 1.54. The van der Waals surface area contributed by atoms with Gasteiger partial charge in [0, 0.05) is 23.3 Å². The Morgan fingerprint density at radius 2 is 1.93 bits per heavy atom. The number of amides is 1. The number of aromatic nitrogens is 3. The molecular formula is C22H20N6OS. The van der Waals surface area contributed by atoms with Crippen LogP contribution in [0.2, 0.25) is 0 Å². The molecule has 150 valence electrons. The summed E-state index contributed by atoms with van der Waals surface area (Å²) < 4.78 is 4.47. The molecule has 3 aromatic rings. The van der Waals surface area contributed by atoms with Crippen molar-refractivity contribution in [1.29, 1.82) is 0 Å². The molecule has 8 heteroatoms. The molecule has 2 aromatic heterocycles. The van der Waals surface area contributed by atoms with Crippen molar-refractivity contribution >= 4 is 46.1 Å². The standard InChI is InChI=1S/C22H20N6OS/c1-13(26-21-20-16(24-12-25-21)9-6-10-23-20)17-11-18-19(14(2)27-30-18)22(29)28(17)15-7-4-3-5-8-15/h3-13,18-19H,1-2H3,(H,24,25,26). The maximum atomic E-state index is 13.5. The second-order valence-corrected chi connectivity index (χ2v) is 8.28. The van der Waals surface area contributed by atoms with E-state index in [1.165, 1.54) is 18.3 Å². The Bertz CT molecular complexity index is 1170. The first-order chi connectivity index (χ1) is 14.6. The van der Waals surface area contributed by atoms with E-state index < -0.39 is 0 Å². The third kappa shape index (κ3) is 3.13. The quantitative estimate of drug-likeness (QED) is 0.650. The van der Waals surface area contributed by atoms with E-state index in [0.717, 1.165) is 22.6 Å². The van der Waals surface area contributed by atoms with Crippen molar-refractivity contribution in [3.63, 3.8) is 0 Å². The van der Waals surface area contributed by atoms with E-state index in [-0.39, 0.29) is 23.1 Å². The van der Waals surface area contributed by atoms with Crippen LogP contribution in [0.5, 0.6) is 0 Å². The summed E-state index contributed by atoms with van der Waals surface area (Å²) in [6.45, 7) is 3.96. The Morgan fingerprint density at radius 1 is 1.10 bits per heavy atom. The van der Waals surface area contributed by atoms with Gasteiger partial charge in [0.2, 0.25) is 5.91 Å². The van der Waals surface area contributed by atoms with Gasteiger partial charge in [-0.15, -0.1) is 0 Å². The van der Waals surface area contributed by atoms with Crippen molar-refractivity contribution in [2.45, 2.75) is 25.1 Å². The second-order valence-electron chi connectivity index (χ2n) is 7.34. The highest BCUT2D eigenvalue weighted by molar-refractivity contribution is 7.99. The molecule has 0 aliphatic carbocycles. The van der Waals surface area contributed by atoms with Gasteiger partial charge in [-0.1, -0.05) is 18.2 Å². The Hall–Kier alpha value is -3.26. The minimum Gasteiger partial charge on any atom is -0.360 e. The fourth-order valence-corrected chi connectivity index (χ4v) is 4.96. The third-order valence-electron chi connectivity index (χ3n) is 5.38. The number of pyridine rings is 1. The summed E-state index contributed by atoms with van der Waals surface area (Å²) in [7, 11) is 0. The predicted molar refractivity (Wildman–Crippen MR) is 120 cm³/mol. The molecule has 0 bridgehead atoms.